The normalized spacial score (nSPS) is 26.7. The number of ether oxygens (including phenoxy) is 2. The van der Waals surface area contributed by atoms with Crippen molar-refractivity contribution in [2.45, 2.75) is 44.2 Å². The van der Waals surface area contributed by atoms with Gasteiger partial charge in [0, 0.05) is 45.9 Å². The standard InChI is InChI=1S/C17H29N3O4/c1-23-13-16(21)19-9-7-18(8-10-19)11-15-12-20(17(22)24-15)14-5-3-2-4-6-14/h14-15H,2-13H2,1H3. The molecule has 0 N–H and O–H groups in total. The molecule has 1 saturated carbocycles. The molecular weight excluding hydrogens is 310 g/mol. The molecule has 3 rings (SSSR count). The fourth-order valence-electron chi connectivity index (χ4n) is 4.01. The van der Waals surface area contributed by atoms with Gasteiger partial charge in [0.05, 0.1) is 6.54 Å². The number of carbonyl (C=O) groups excluding carboxylic acids is 2. The summed E-state index contributed by atoms with van der Waals surface area (Å²) in [6.45, 7) is 4.72. The summed E-state index contributed by atoms with van der Waals surface area (Å²) in [6.07, 6.45) is 5.77. The van der Waals surface area contributed by atoms with Crippen molar-refractivity contribution in [2.24, 2.45) is 0 Å². The second-order valence-electron chi connectivity index (χ2n) is 7.06. The summed E-state index contributed by atoms with van der Waals surface area (Å²) < 4.78 is 10.5. The molecule has 0 aromatic heterocycles. The number of cyclic esters (lactones) is 1. The summed E-state index contributed by atoms with van der Waals surface area (Å²) >= 11 is 0. The molecule has 2 amide bonds. The van der Waals surface area contributed by atoms with Crippen molar-refractivity contribution in [3.8, 4) is 0 Å². The van der Waals surface area contributed by atoms with E-state index < -0.39 is 0 Å². The minimum absolute atomic E-state index is 0.0411. The Morgan fingerprint density at radius 2 is 1.88 bits per heavy atom. The largest absolute Gasteiger partial charge is 0.443 e. The monoisotopic (exact) mass is 339 g/mol. The van der Waals surface area contributed by atoms with E-state index >= 15 is 0 Å². The van der Waals surface area contributed by atoms with Gasteiger partial charge in [0.15, 0.2) is 0 Å². The van der Waals surface area contributed by atoms with Gasteiger partial charge < -0.3 is 19.3 Å². The van der Waals surface area contributed by atoms with Crippen LogP contribution in [-0.2, 0) is 14.3 Å². The predicted molar refractivity (Wildman–Crippen MR) is 88.7 cm³/mol. The van der Waals surface area contributed by atoms with Crippen molar-refractivity contribution in [3.05, 3.63) is 0 Å². The maximum Gasteiger partial charge on any atom is 0.410 e. The van der Waals surface area contributed by atoms with Gasteiger partial charge in [-0.3, -0.25) is 9.69 Å². The lowest BCUT2D eigenvalue weighted by Crippen LogP contribution is -2.51. The molecule has 2 saturated heterocycles. The summed E-state index contributed by atoms with van der Waals surface area (Å²) in [5.41, 5.74) is 0. The predicted octanol–water partition coefficient (Wildman–Crippen LogP) is 0.931. The maximum absolute atomic E-state index is 12.2. The molecule has 1 aliphatic carbocycles. The molecule has 0 bridgehead atoms. The number of piperazine rings is 1. The summed E-state index contributed by atoms with van der Waals surface area (Å²) in [7, 11) is 1.54. The quantitative estimate of drug-likeness (QED) is 0.746. The minimum Gasteiger partial charge on any atom is -0.443 e. The number of nitrogens with zero attached hydrogens (tertiary/aromatic N) is 3. The van der Waals surface area contributed by atoms with E-state index in [9.17, 15) is 9.59 Å². The molecule has 2 aliphatic heterocycles. The van der Waals surface area contributed by atoms with E-state index in [2.05, 4.69) is 4.90 Å². The Morgan fingerprint density at radius 1 is 1.17 bits per heavy atom. The highest BCUT2D eigenvalue weighted by Crippen LogP contribution is 2.26. The first-order valence-corrected chi connectivity index (χ1v) is 9.13. The first-order chi connectivity index (χ1) is 11.7. The average Bonchev–Trinajstić information content (AvgIpc) is 2.97. The van der Waals surface area contributed by atoms with Crippen molar-refractivity contribution >= 4 is 12.0 Å². The van der Waals surface area contributed by atoms with Gasteiger partial charge in [-0.2, -0.15) is 0 Å². The highest BCUT2D eigenvalue weighted by Gasteiger charge is 2.37. The van der Waals surface area contributed by atoms with E-state index in [0.29, 0.717) is 12.6 Å². The van der Waals surface area contributed by atoms with E-state index in [0.717, 1.165) is 45.6 Å². The Morgan fingerprint density at radius 3 is 2.54 bits per heavy atom. The van der Waals surface area contributed by atoms with Crippen molar-refractivity contribution in [3.63, 3.8) is 0 Å². The van der Waals surface area contributed by atoms with Crippen LogP contribution in [0.4, 0.5) is 4.79 Å². The van der Waals surface area contributed by atoms with E-state index in [-0.39, 0.29) is 24.7 Å². The third-order valence-electron chi connectivity index (χ3n) is 5.37. The summed E-state index contributed by atoms with van der Waals surface area (Å²) in [4.78, 5) is 30.1. The molecule has 1 atom stereocenters. The molecule has 1 unspecified atom stereocenters. The number of hydrogen-bond donors (Lipinski definition) is 0. The SMILES string of the molecule is COCC(=O)N1CCN(CC2CN(C3CCCCC3)C(=O)O2)CC1. The fourth-order valence-corrected chi connectivity index (χ4v) is 4.01. The summed E-state index contributed by atoms with van der Waals surface area (Å²) in [5.74, 6) is 0.0490. The van der Waals surface area contributed by atoms with Crippen LogP contribution < -0.4 is 0 Å². The highest BCUT2D eigenvalue weighted by atomic mass is 16.6. The molecule has 7 nitrogen and oxygen atoms in total. The molecule has 3 fully saturated rings. The molecule has 3 aliphatic rings. The van der Waals surface area contributed by atoms with Crippen molar-refractivity contribution in [2.75, 3.05) is 53.0 Å². The topological polar surface area (TPSA) is 62.3 Å². The van der Waals surface area contributed by atoms with Crippen LogP contribution in [0, 0.1) is 0 Å². The van der Waals surface area contributed by atoms with Gasteiger partial charge in [-0.15, -0.1) is 0 Å². The minimum atomic E-state index is -0.138. The molecule has 7 heteroatoms. The summed E-state index contributed by atoms with van der Waals surface area (Å²) in [6, 6.07) is 0.375. The molecule has 0 aromatic carbocycles. The average molecular weight is 339 g/mol. The lowest BCUT2D eigenvalue weighted by Gasteiger charge is -2.35. The molecule has 0 aromatic rings. The van der Waals surface area contributed by atoms with E-state index in [1.165, 1.54) is 19.3 Å². The van der Waals surface area contributed by atoms with Crippen LogP contribution in [0.5, 0.6) is 0 Å². The molecule has 24 heavy (non-hydrogen) atoms. The number of methoxy groups -OCH3 is 1. The maximum atomic E-state index is 12.2. The van der Waals surface area contributed by atoms with Gasteiger partial charge >= 0.3 is 6.09 Å². The molecular formula is C17H29N3O4. The van der Waals surface area contributed by atoms with Crippen LogP contribution in [0.25, 0.3) is 0 Å². The zero-order valence-electron chi connectivity index (χ0n) is 14.6. The Hall–Kier alpha value is -1.34. The van der Waals surface area contributed by atoms with Gasteiger partial charge in [-0.1, -0.05) is 19.3 Å². The second kappa shape index (κ2) is 8.16. The van der Waals surface area contributed by atoms with Gasteiger partial charge in [0.1, 0.15) is 12.7 Å². The first-order valence-electron chi connectivity index (χ1n) is 9.13. The highest BCUT2D eigenvalue weighted by molar-refractivity contribution is 5.77. The zero-order valence-corrected chi connectivity index (χ0v) is 14.6. The molecule has 0 radical (unpaired) electrons. The summed E-state index contributed by atoms with van der Waals surface area (Å²) in [5, 5.41) is 0. The molecule has 0 spiro atoms. The third kappa shape index (κ3) is 4.19. The van der Waals surface area contributed by atoms with Crippen molar-refractivity contribution in [1.82, 2.24) is 14.7 Å². The Labute approximate surface area is 143 Å². The van der Waals surface area contributed by atoms with Crippen LogP contribution in [-0.4, -0.2) is 91.8 Å². The van der Waals surface area contributed by atoms with E-state index in [1.807, 2.05) is 9.80 Å². The second-order valence-corrected chi connectivity index (χ2v) is 7.06. The number of rotatable bonds is 5. The Balaban J connectivity index is 1.43. The fraction of sp³-hybridized carbons (Fsp3) is 0.882. The smallest absolute Gasteiger partial charge is 0.410 e. The third-order valence-corrected chi connectivity index (χ3v) is 5.37. The van der Waals surface area contributed by atoms with Crippen LogP contribution in [0.15, 0.2) is 0 Å². The Kier molecular flexibility index (Phi) is 5.94. The lowest BCUT2D eigenvalue weighted by atomic mass is 9.94. The number of hydrogen-bond acceptors (Lipinski definition) is 5. The lowest BCUT2D eigenvalue weighted by molar-refractivity contribution is -0.137. The van der Waals surface area contributed by atoms with Crippen LogP contribution >= 0.6 is 0 Å². The Bertz CT molecular complexity index is 445. The molecule has 2 heterocycles. The van der Waals surface area contributed by atoms with Crippen molar-refractivity contribution in [1.29, 1.82) is 0 Å². The van der Waals surface area contributed by atoms with E-state index in [1.54, 1.807) is 7.11 Å². The van der Waals surface area contributed by atoms with Gasteiger partial charge in [0.2, 0.25) is 5.91 Å². The van der Waals surface area contributed by atoms with Crippen molar-refractivity contribution < 1.29 is 19.1 Å². The van der Waals surface area contributed by atoms with Gasteiger partial charge in [0.25, 0.3) is 0 Å². The number of carbonyl (C=O) groups is 2. The number of amides is 2. The van der Waals surface area contributed by atoms with Crippen LogP contribution in [0.1, 0.15) is 32.1 Å². The van der Waals surface area contributed by atoms with Crippen LogP contribution in [0.3, 0.4) is 0 Å². The van der Waals surface area contributed by atoms with Gasteiger partial charge in [-0.05, 0) is 12.8 Å². The first kappa shape index (κ1) is 17.5. The van der Waals surface area contributed by atoms with E-state index in [4.69, 9.17) is 9.47 Å². The zero-order chi connectivity index (χ0) is 16.9. The van der Waals surface area contributed by atoms with Gasteiger partial charge in [-0.25, -0.2) is 4.79 Å². The molecule has 136 valence electrons. The van der Waals surface area contributed by atoms with Crippen LogP contribution in [0.2, 0.25) is 0 Å².